The van der Waals surface area contributed by atoms with Crippen molar-refractivity contribution >= 4 is 143 Å². The third-order valence-corrected chi connectivity index (χ3v) is 27.3. The summed E-state index contributed by atoms with van der Waals surface area (Å²) in [5.74, 6) is 0. The first kappa shape index (κ1) is 82.9. The van der Waals surface area contributed by atoms with Gasteiger partial charge in [-0.05, 0) is 142 Å². The van der Waals surface area contributed by atoms with Crippen molar-refractivity contribution in [3.8, 4) is 123 Å². The third-order valence-electron chi connectivity index (χ3n) is 27.3. The van der Waals surface area contributed by atoms with E-state index in [0.29, 0.717) is 0 Å². The number of pyridine rings is 2. The fourth-order valence-electron chi connectivity index (χ4n) is 20.5. The summed E-state index contributed by atoms with van der Waals surface area (Å²) in [4.78, 5) is 40.7. The molecule has 0 amide bonds. The van der Waals surface area contributed by atoms with Gasteiger partial charge in [-0.1, -0.05) is 366 Å². The Morgan fingerprint density at radius 1 is 0.184 bits per heavy atom. The van der Waals surface area contributed by atoms with E-state index < -0.39 is 0 Å². The van der Waals surface area contributed by atoms with Gasteiger partial charge in [0.1, 0.15) is 50.4 Å². The molecule has 0 atom stereocenters. The van der Waals surface area contributed by atoms with Crippen LogP contribution in [0.25, 0.3) is 266 Å². The number of para-hydroxylation sites is 11. The van der Waals surface area contributed by atoms with Crippen LogP contribution in [0.2, 0.25) is 0 Å². The molecule has 28 aromatic rings. The molecule has 12 heteroatoms. The molecule has 0 saturated heterocycles. The van der Waals surface area contributed by atoms with Crippen LogP contribution in [0.15, 0.2) is 479 Å². The zero-order valence-corrected chi connectivity index (χ0v) is 76.6. The van der Waals surface area contributed by atoms with E-state index in [2.05, 4.69) is 268 Å². The van der Waals surface area contributed by atoms with Gasteiger partial charge >= 0.3 is 0 Å². The minimum absolute atomic E-state index is 0.145. The van der Waals surface area contributed by atoms with E-state index in [1.807, 2.05) is 212 Å². The van der Waals surface area contributed by atoms with Gasteiger partial charge in [0.2, 0.25) is 0 Å². The van der Waals surface area contributed by atoms with Crippen molar-refractivity contribution in [2.75, 3.05) is 0 Å². The van der Waals surface area contributed by atoms with Gasteiger partial charge in [-0.15, -0.1) is 0 Å². The van der Waals surface area contributed by atoms with Gasteiger partial charge in [-0.3, -0.25) is 4.98 Å². The van der Waals surface area contributed by atoms with Gasteiger partial charge in [0.05, 0.1) is 78.5 Å². The van der Waals surface area contributed by atoms with E-state index in [1.165, 1.54) is 33.0 Å². The van der Waals surface area contributed by atoms with Crippen LogP contribution >= 0.6 is 0 Å². The molecule has 0 N–H and O–H groups in total. The standard InChI is InChI=1S/C39H26N2O.2C32H20N2O.C26H16N2O/c1-39(2)31-22-25(18-19-26(31)30-20-23-10-3-4-11-24(23)21-32(30)39)36-37(41-34-16-7-6-15-33(34)40-36)29-14-9-13-28-27-12-5-8-17-35(27)42-38(28)29;1-3-11-21(12-4-1)29-30(22-13-5-2-6-14-22)34-31-24(16-10-19-27(31)33-29)26-18-9-17-25-23-15-7-8-20-28(23)35-32(25)26;1-3-10-21(11-4-1)30-31(22-12-5-2-6-13-22)34-28-20-23(18-19-27(28)33-30)24-15-9-16-26-25-14-7-8-17-29(25)35-32(24)26;1-2-8-17(9-3-1)25-20-13-7-15-27-22(20)16-23(28-25)21-12-6-11-19-18-10-4-5-14-24(18)29-26(19)21/h3-22H,1-2H3;2*1-20H;1-16H. The van der Waals surface area contributed by atoms with Crippen LogP contribution in [0.4, 0.5) is 0 Å². The van der Waals surface area contributed by atoms with Crippen molar-refractivity contribution in [3.05, 3.63) is 472 Å². The highest BCUT2D eigenvalue weighted by molar-refractivity contribution is 6.15. The lowest BCUT2D eigenvalue weighted by molar-refractivity contribution is 0.661. The van der Waals surface area contributed by atoms with Crippen molar-refractivity contribution in [3.63, 3.8) is 0 Å². The molecule has 9 aromatic heterocycles. The number of hydrogen-bond donors (Lipinski definition) is 0. The highest BCUT2D eigenvalue weighted by atomic mass is 16.3. The first-order chi connectivity index (χ1) is 69.7. The summed E-state index contributed by atoms with van der Waals surface area (Å²) in [5, 5.41) is 12.5. The topological polar surface area (TPSA) is 156 Å². The van der Waals surface area contributed by atoms with Crippen LogP contribution < -0.4 is 0 Å². The van der Waals surface area contributed by atoms with Crippen LogP contribution in [0.5, 0.6) is 0 Å². The fourth-order valence-corrected chi connectivity index (χ4v) is 20.5. The summed E-state index contributed by atoms with van der Waals surface area (Å²) in [6.07, 6.45) is 1.82. The van der Waals surface area contributed by atoms with Crippen LogP contribution in [-0.2, 0) is 5.41 Å². The molecule has 12 nitrogen and oxygen atoms in total. The first-order valence-corrected chi connectivity index (χ1v) is 47.4. The molecule has 0 fully saturated rings. The van der Waals surface area contributed by atoms with Crippen LogP contribution in [0.1, 0.15) is 25.0 Å². The molecule has 0 saturated carbocycles. The molecule has 662 valence electrons. The summed E-state index contributed by atoms with van der Waals surface area (Å²) >= 11 is 0. The van der Waals surface area contributed by atoms with E-state index in [9.17, 15) is 0 Å². The summed E-state index contributed by atoms with van der Waals surface area (Å²) in [5.41, 5.74) is 37.6. The second-order valence-corrected chi connectivity index (χ2v) is 36.1. The van der Waals surface area contributed by atoms with Crippen LogP contribution in [0.3, 0.4) is 0 Å². The molecule has 19 aromatic carbocycles. The van der Waals surface area contributed by atoms with Gasteiger partial charge < -0.3 is 17.7 Å². The summed E-state index contributed by atoms with van der Waals surface area (Å²) in [6, 6.07) is 156. The number of fused-ring (bicyclic) bond motifs is 20. The predicted molar refractivity (Wildman–Crippen MR) is 577 cm³/mol. The maximum absolute atomic E-state index is 6.46. The van der Waals surface area contributed by atoms with Gasteiger partial charge in [0, 0.05) is 121 Å². The quantitative estimate of drug-likeness (QED) is 0.128. The van der Waals surface area contributed by atoms with Gasteiger partial charge in [0.25, 0.3) is 0 Å². The SMILES string of the molecule is CC1(C)c2cc(-c3nc4ccccc4nc3-c3cccc4c3oc3ccccc34)ccc2-c2cc3ccccc3cc21.c1ccc(-c2nc(-c3cccc4c3oc3ccccc34)cc3ncccc23)cc1.c1ccc(-c2nc3ccc(-c4cccc5c4oc4ccccc45)cc3nc2-c2ccccc2)cc1.c1ccc(-c2nc3cccc(-c4cccc5c4oc4ccccc45)c3nc2-c2ccccc2)cc1. The number of benzene rings is 19. The Kier molecular flexibility index (Phi) is 20.3. The Hall–Kier alpha value is -18.8. The first-order valence-electron chi connectivity index (χ1n) is 47.4. The Balaban J connectivity index is 0.0000000973. The number of furan rings is 4. The largest absolute Gasteiger partial charge is 0.455 e. The number of rotatable bonds is 10. The normalized spacial score (nSPS) is 12.1. The van der Waals surface area contributed by atoms with Crippen molar-refractivity contribution in [1.82, 2.24) is 39.9 Å². The average Bonchev–Trinajstić information content (AvgIpc) is 1.56. The van der Waals surface area contributed by atoms with E-state index in [-0.39, 0.29) is 5.41 Å². The predicted octanol–water partition coefficient (Wildman–Crippen LogP) is 34.2. The number of hydrogen-bond acceptors (Lipinski definition) is 12. The Bertz CT molecular complexity index is 9760. The van der Waals surface area contributed by atoms with Crippen molar-refractivity contribution < 1.29 is 17.7 Å². The molecule has 29 rings (SSSR count). The van der Waals surface area contributed by atoms with Crippen LogP contribution in [0, 0.1) is 0 Å². The van der Waals surface area contributed by atoms with E-state index in [1.54, 1.807) is 0 Å². The Labute approximate surface area is 809 Å². The fraction of sp³-hybridized carbons (Fsp3) is 0.0233. The summed E-state index contributed by atoms with van der Waals surface area (Å²) < 4.78 is 25.3. The minimum Gasteiger partial charge on any atom is -0.455 e. The lowest BCUT2D eigenvalue weighted by atomic mass is 9.81. The van der Waals surface area contributed by atoms with E-state index >= 15 is 0 Å². The van der Waals surface area contributed by atoms with Gasteiger partial charge in [0.15, 0.2) is 0 Å². The second-order valence-electron chi connectivity index (χ2n) is 36.1. The Morgan fingerprint density at radius 2 is 0.546 bits per heavy atom. The monoisotopic (exact) mass is 1810 g/mol. The Morgan fingerprint density at radius 3 is 1.09 bits per heavy atom. The zero-order chi connectivity index (χ0) is 93.6. The summed E-state index contributed by atoms with van der Waals surface area (Å²) in [6.45, 7) is 4.66. The average molecular weight is 1810 g/mol. The highest BCUT2D eigenvalue weighted by Crippen LogP contribution is 2.53. The smallest absolute Gasteiger partial charge is 0.144 e. The molecule has 0 radical (unpaired) electrons. The molecular weight excluding hydrogens is 1730 g/mol. The zero-order valence-electron chi connectivity index (χ0n) is 76.6. The molecule has 9 heterocycles. The number of aromatic nitrogens is 8. The van der Waals surface area contributed by atoms with Crippen molar-refractivity contribution in [2.24, 2.45) is 0 Å². The lowest BCUT2D eigenvalue weighted by Crippen LogP contribution is -2.15. The highest BCUT2D eigenvalue weighted by Gasteiger charge is 2.37. The number of nitrogens with zero attached hydrogens (tertiary/aromatic N) is 8. The van der Waals surface area contributed by atoms with E-state index in [0.717, 1.165) is 244 Å². The molecule has 0 bridgehead atoms. The molecule has 141 heavy (non-hydrogen) atoms. The summed E-state index contributed by atoms with van der Waals surface area (Å²) in [7, 11) is 0. The maximum Gasteiger partial charge on any atom is 0.144 e. The van der Waals surface area contributed by atoms with Crippen LogP contribution in [-0.4, -0.2) is 39.9 Å². The molecule has 1 aliphatic carbocycles. The van der Waals surface area contributed by atoms with E-state index in [4.69, 9.17) is 52.6 Å². The van der Waals surface area contributed by atoms with Crippen molar-refractivity contribution in [1.29, 1.82) is 0 Å². The minimum atomic E-state index is -0.145. The lowest BCUT2D eigenvalue weighted by Gasteiger charge is -2.22. The molecule has 0 aliphatic heterocycles. The molecule has 1 aliphatic rings. The molecule has 0 spiro atoms. The third kappa shape index (κ3) is 14.7. The van der Waals surface area contributed by atoms with Gasteiger partial charge in [-0.2, -0.15) is 0 Å². The van der Waals surface area contributed by atoms with Gasteiger partial charge in [-0.25, -0.2) is 34.9 Å². The second kappa shape index (κ2) is 34.5. The maximum atomic E-state index is 6.46. The van der Waals surface area contributed by atoms with Crippen molar-refractivity contribution in [2.45, 2.75) is 19.3 Å². The molecule has 0 unspecified atom stereocenters. The molecular formula is C129H82N8O4.